The van der Waals surface area contributed by atoms with Gasteiger partial charge in [-0.15, -0.1) is 0 Å². The van der Waals surface area contributed by atoms with Crippen LogP contribution < -0.4 is 0 Å². The van der Waals surface area contributed by atoms with Crippen LogP contribution in [0.4, 0.5) is 4.79 Å². The highest BCUT2D eigenvalue weighted by Gasteiger charge is 2.35. The third-order valence-corrected chi connectivity index (χ3v) is 3.15. The molecule has 1 aliphatic rings. The van der Waals surface area contributed by atoms with Crippen molar-refractivity contribution in [2.45, 2.75) is 39.2 Å². The molecule has 5 nitrogen and oxygen atoms in total. The van der Waals surface area contributed by atoms with E-state index in [1.807, 2.05) is 13.8 Å². The molecule has 0 radical (unpaired) electrons. The first-order valence-corrected chi connectivity index (χ1v) is 6.11. The van der Waals surface area contributed by atoms with Crippen molar-refractivity contribution in [3.63, 3.8) is 0 Å². The Labute approximate surface area is 102 Å². The van der Waals surface area contributed by atoms with E-state index in [0.29, 0.717) is 25.5 Å². The number of nitrogens with zero attached hydrogens (tertiary/aromatic N) is 1. The maximum absolute atomic E-state index is 11.8. The average molecular weight is 243 g/mol. The summed E-state index contributed by atoms with van der Waals surface area (Å²) in [5.41, 5.74) is 0. The number of hydrogen-bond acceptors (Lipinski definition) is 4. The fourth-order valence-corrected chi connectivity index (χ4v) is 1.78. The number of rotatable bonds is 4. The van der Waals surface area contributed by atoms with Crippen molar-refractivity contribution < 1.29 is 19.1 Å². The third-order valence-electron chi connectivity index (χ3n) is 3.15. The van der Waals surface area contributed by atoms with Crippen LogP contribution in [0.15, 0.2) is 0 Å². The molecule has 1 heterocycles. The van der Waals surface area contributed by atoms with Gasteiger partial charge in [-0.25, -0.2) is 9.59 Å². The Morgan fingerprint density at radius 3 is 2.76 bits per heavy atom. The van der Waals surface area contributed by atoms with Crippen molar-refractivity contribution in [1.29, 1.82) is 0 Å². The molecule has 1 aliphatic heterocycles. The van der Waals surface area contributed by atoms with Crippen LogP contribution in [-0.4, -0.2) is 43.3 Å². The first-order chi connectivity index (χ1) is 8.10. The zero-order valence-electron chi connectivity index (χ0n) is 10.8. The van der Waals surface area contributed by atoms with Crippen molar-refractivity contribution in [3.05, 3.63) is 0 Å². The van der Waals surface area contributed by atoms with Crippen molar-refractivity contribution >= 4 is 12.1 Å². The third kappa shape index (κ3) is 3.61. The van der Waals surface area contributed by atoms with Crippen molar-refractivity contribution in [2.75, 3.05) is 20.3 Å². The van der Waals surface area contributed by atoms with Crippen molar-refractivity contribution in [3.8, 4) is 0 Å². The minimum Gasteiger partial charge on any atom is -0.467 e. The van der Waals surface area contributed by atoms with Crippen LogP contribution in [0.3, 0.4) is 0 Å². The lowest BCUT2D eigenvalue weighted by Gasteiger charge is -2.22. The molecular formula is C12H21NO4. The van der Waals surface area contributed by atoms with Gasteiger partial charge in [0.15, 0.2) is 0 Å². The van der Waals surface area contributed by atoms with Gasteiger partial charge in [0.1, 0.15) is 6.04 Å². The smallest absolute Gasteiger partial charge is 0.410 e. The Hall–Kier alpha value is -1.26. The van der Waals surface area contributed by atoms with Gasteiger partial charge >= 0.3 is 12.1 Å². The van der Waals surface area contributed by atoms with E-state index in [1.165, 1.54) is 12.0 Å². The maximum atomic E-state index is 11.8. The molecule has 5 heteroatoms. The lowest BCUT2D eigenvalue weighted by molar-refractivity contribution is -0.145. The lowest BCUT2D eigenvalue weighted by atomic mass is 10.1. The second-order valence-electron chi connectivity index (χ2n) is 4.46. The second kappa shape index (κ2) is 6.47. The standard InChI is InChI=1S/C12H21NO4/c1-4-9(2)8-17-12(15)13-7-5-6-10(13)11(14)16-3/h9-10H,4-8H2,1-3H3/t9?,10-/m0/s1. The molecule has 0 aromatic heterocycles. The number of hydrogen-bond donors (Lipinski definition) is 0. The van der Waals surface area contributed by atoms with Gasteiger partial charge < -0.3 is 9.47 Å². The van der Waals surface area contributed by atoms with E-state index >= 15 is 0 Å². The summed E-state index contributed by atoms with van der Waals surface area (Å²) in [5, 5.41) is 0. The fourth-order valence-electron chi connectivity index (χ4n) is 1.78. The highest BCUT2D eigenvalue weighted by Crippen LogP contribution is 2.19. The molecule has 1 amide bonds. The Morgan fingerprint density at radius 1 is 1.47 bits per heavy atom. The molecule has 1 rings (SSSR count). The first-order valence-electron chi connectivity index (χ1n) is 6.11. The number of esters is 1. The highest BCUT2D eigenvalue weighted by atomic mass is 16.6. The summed E-state index contributed by atoms with van der Waals surface area (Å²) in [6.45, 7) is 5.04. The molecule has 0 spiro atoms. The average Bonchev–Trinajstić information content (AvgIpc) is 2.83. The van der Waals surface area contributed by atoms with Gasteiger partial charge in [0.2, 0.25) is 0 Å². The van der Waals surface area contributed by atoms with E-state index in [1.54, 1.807) is 0 Å². The summed E-state index contributed by atoms with van der Waals surface area (Å²) >= 11 is 0. The molecule has 1 fully saturated rings. The van der Waals surface area contributed by atoms with Gasteiger partial charge in [0, 0.05) is 6.54 Å². The predicted octanol–water partition coefficient (Wildman–Crippen LogP) is 1.81. The lowest BCUT2D eigenvalue weighted by Crippen LogP contribution is -2.41. The van der Waals surface area contributed by atoms with Gasteiger partial charge in [-0.1, -0.05) is 20.3 Å². The minimum absolute atomic E-state index is 0.345. The highest BCUT2D eigenvalue weighted by molar-refractivity contribution is 5.81. The zero-order valence-corrected chi connectivity index (χ0v) is 10.8. The summed E-state index contributed by atoms with van der Waals surface area (Å²) < 4.78 is 9.86. The van der Waals surface area contributed by atoms with Crippen molar-refractivity contribution in [2.24, 2.45) is 5.92 Å². The molecule has 0 aromatic rings. The normalized spacial score (nSPS) is 21.1. The van der Waals surface area contributed by atoms with Crippen LogP contribution in [0, 0.1) is 5.92 Å². The van der Waals surface area contributed by atoms with E-state index in [0.717, 1.165) is 12.8 Å². The van der Waals surface area contributed by atoms with Crippen LogP contribution >= 0.6 is 0 Å². The fraction of sp³-hybridized carbons (Fsp3) is 0.833. The van der Waals surface area contributed by atoms with Crippen LogP contribution in [0.5, 0.6) is 0 Å². The van der Waals surface area contributed by atoms with Crippen LogP contribution in [-0.2, 0) is 14.3 Å². The number of amides is 1. The number of carbonyl (C=O) groups excluding carboxylic acids is 2. The molecule has 1 unspecified atom stereocenters. The monoisotopic (exact) mass is 243 g/mol. The molecule has 98 valence electrons. The van der Waals surface area contributed by atoms with Crippen molar-refractivity contribution in [1.82, 2.24) is 4.90 Å². The number of carbonyl (C=O) groups is 2. The van der Waals surface area contributed by atoms with Gasteiger partial charge in [0.05, 0.1) is 13.7 Å². The largest absolute Gasteiger partial charge is 0.467 e. The summed E-state index contributed by atoms with van der Waals surface area (Å²) in [7, 11) is 1.34. The molecule has 0 aromatic carbocycles. The van der Waals surface area contributed by atoms with E-state index in [2.05, 4.69) is 4.74 Å². The Balaban J connectivity index is 2.47. The Kier molecular flexibility index (Phi) is 5.25. The summed E-state index contributed by atoms with van der Waals surface area (Å²) in [6, 6.07) is -0.468. The van der Waals surface area contributed by atoms with Crippen LogP contribution in [0.1, 0.15) is 33.1 Å². The van der Waals surface area contributed by atoms with Gasteiger partial charge in [-0.3, -0.25) is 4.90 Å². The van der Waals surface area contributed by atoms with Crippen LogP contribution in [0.2, 0.25) is 0 Å². The SMILES string of the molecule is CCC(C)COC(=O)N1CCC[C@H]1C(=O)OC. The van der Waals surface area contributed by atoms with E-state index in [9.17, 15) is 9.59 Å². The van der Waals surface area contributed by atoms with E-state index < -0.39 is 12.1 Å². The first kappa shape index (κ1) is 13.8. The number of ether oxygens (including phenoxy) is 2. The quantitative estimate of drug-likeness (QED) is 0.706. The second-order valence-corrected chi connectivity index (χ2v) is 4.46. The van der Waals surface area contributed by atoms with E-state index in [4.69, 9.17) is 4.74 Å². The predicted molar refractivity (Wildman–Crippen MR) is 62.5 cm³/mol. The molecule has 17 heavy (non-hydrogen) atoms. The van der Waals surface area contributed by atoms with Gasteiger partial charge in [0.25, 0.3) is 0 Å². The summed E-state index contributed by atoms with van der Waals surface area (Å²) in [5.74, 6) is -0.0129. The number of likely N-dealkylation sites (tertiary alicyclic amines) is 1. The Morgan fingerprint density at radius 2 is 2.18 bits per heavy atom. The zero-order chi connectivity index (χ0) is 12.8. The van der Waals surface area contributed by atoms with Gasteiger partial charge in [-0.05, 0) is 18.8 Å². The maximum Gasteiger partial charge on any atom is 0.410 e. The number of methoxy groups -OCH3 is 1. The molecule has 2 atom stereocenters. The molecule has 0 bridgehead atoms. The molecular weight excluding hydrogens is 222 g/mol. The molecule has 0 saturated carbocycles. The summed E-state index contributed by atoms with van der Waals surface area (Å²) in [4.78, 5) is 24.7. The topological polar surface area (TPSA) is 55.8 Å². The molecule has 0 aliphatic carbocycles. The van der Waals surface area contributed by atoms with Crippen LogP contribution in [0.25, 0.3) is 0 Å². The molecule has 1 saturated heterocycles. The summed E-state index contributed by atoms with van der Waals surface area (Å²) in [6.07, 6.45) is 2.04. The van der Waals surface area contributed by atoms with Gasteiger partial charge in [-0.2, -0.15) is 0 Å². The minimum atomic E-state index is -0.468. The van der Waals surface area contributed by atoms with E-state index in [-0.39, 0.29) is 5.97 Å². The molecule has 0 N–H and O–H groups in total. The Bertz CT molecular complexity index is 280.